The van der Waals surface area contributed by atoms with Gasteiger partial charge in [-0.3, -0.25) is 19.3 Å². The number of nitrogens with one attached hydrogen (secondary N) is 1. The van der Waals surface area contributed by atoms with Crippen LogP contribution in [-0.4, -0.2) is 46.1 Å². The fourth-order valence-electron chi connectivity index (χ4n) is 4.25. The lowest BCUT2D eigenvalue weighted by Gasteiger charge is -2.34. The van der Waals surface area contributed by atoms with Crippen LogP contribution in [0.2, 0.25) is 0 Å². The molecule has 150 valence electrons. The Morgan fingerprint density at radius 3 is 2.48 bits per heavy atom. The maximum atomic E-state index is 12.8. The first-order valence-electron chi connectivity index (χ1n) is 9.93. The summed E-state index contributed by atoms with van der Waals surface area (Å²) in [6, 6.07) is 12.2. The maximum absolute atomic E-state index is 12.8. The SMILES string of the molecule is C[C@@H]1CCCC[C@@H]1N1C(=O)C(=O)N(CC(=O)Nc2ccc3ccccc3c2)C1=O. The fraction of sp³-hybridized carbons (Fsp3) is 0.364. The van der Waals surface area contributed by atoms with Crippen molar-refractivity contribution in [3.8, 4) is 0 Å². The van der Waals surface area contributed by atoms with Crippen molar-refractivity contribution < 1.29 is 19.2 Å². The zero-order valence-electron chi connectivity index (χ0n) is 16.3. The quantitative estimate of drug-likeness (QED) is 0.639. The van der Waals surface area contributed by atoms with Crippen LogP contribution in [-0.2, 0) is 14.4 Å². The summed E-state index contributed by atoms with van der Waals surface area (Å²) in [6.07, 6.45) is 3.59. The zero-order chi connectivity index (χ0) is 20.5. The van der Waals surface area contributed by atoms with Crippen LogP contribution < -0.4 is 5.32 Å². The number of anilines is 1. The summed E-state index contributed by atoms with van der Waals surface area (Å²) in [5, 5.41) is 4.71. The second-order valence-corrected chi connectivity index (χ2v) is 7.79. The van der Waals surface area contributed by atoms with E-state index in [1.165, 1.54) is 0 Å². The molecule has 0 radical (unpaired) electrons. The van der Waals surface area contributed by atoms with E-state index in [0.717, 1.165) is 39.8 Å². The highest BCUT2D eigenvalue weighted by molar-refractivity contribution is 6.45. The third kappa shape index (κ3) is 3.60. The lowest BCUT2D eigenvalue weighted by atomic mass is 9.85. The average Bonchev–Trinajstić information content (AvgIpc) is 2.92. The molecule has 2 aromatic rings. The Morgan fingerprint density at radius 2 is 1.72 bits per heavy atom. The highest BCUT2D eigenvalue weighted by Gasteiger charge is 2.49. The number of benzene rings is 2. The van der Waals surface area contributed by atoms with Crippen molar-refractivity contribution in [2.24, 2.45) is 5.92 Å². The lowest BCUT2D eigenvalue weighted by molar-refractivity contribution is -0.145. The first-order chi connectivity index (χ1) is 14.0. The van der Waals surface area contributed by atoms with Gasteiger partial charge in [0.2, 0.25) is 5.91 Å². The summed E-state index contributed by atoms with van der Waals surface area (Å²) in [5.41, 5.74) is 0.567. The molecule has 4 rings (SSSR count). The van der Waals surface area contributed by atoms with Gasteiger partial charge in [0.1, 0.15) is 6.54 Å². The molecule has 2 aromatic carbocycles. The Kier molecular flexibility index (Phi) is 5.05. The molecule has 2 aliphatic rings. The number of carbonyl (C=O) groups excluding carboxylic acids is 4. The van der Waals surface area contributed by atoms with Crippen molar-refractivity contribution in [2.75, 3.05) is 11.9 Å². The second-order valence-electron chi connectivity index (χ2n) is 7.79. The third-order valence-electron chi connectivity index (χ3n) is 5.82. The van der Waals surface area contributed by atoms with Crippen molar-refractivity contribution in [1.82, 2.24) is 9.80 Å². The molecular formula is C22H23N3O4. The largest absolute Gasteiger partial charge is 0.334 e. The molecular weight excluding hydrogens is 370 g/mol. The maximum Gasteiger partial charge on any atom is 0.334 e. The van der Waals surface area contributed by atoms with E-state index in [9.17, 15) is 19.2 Å². The van der Waals surface area contributed by atoms with E-state index in [-0.39, 0.29) is 12.0 Å². The molecule has 1 aliphatic carbocycles. The summed E-state index contributed by atoms with van der Waals surface area (Å²) in [5.74, 6) is -2.13. The van der Waals surface area contributed by atoms with E-state index in [4.69, 9.17) is 0 Å². The van der Waals surface area contributed by atoms with Gasteiger partial charge < -0.3 is 5.32 Å². The van der Waals surface area contributed by atoms with Crippen LogP contribution in [0.1, 0.15) is 32.6 Å². The smallest absolute Gasteiger partial charge is 0.325 e. The molecule has 1 aliphatic heterocycles. The Balaban J connectivity index is 1.46. The monoisotopic (exact) mass is 393 g/mol. The molecule has 2 atom stereocenters. The Hall–Kier alpha value is -3.22. The molecule has 0 aromatic heterocycles. The Bertz CT molecular complexity index is 1000. The molecule has 0 bridgehead atoms. The molecule has 7 heteroatoms. The van der Waals surface area contributed by atoms with Gasteiger partial charge >= 0.3 is 17.8 Å². The minimum absolute atomic E-state index is 0.149. The molecule has 1 heterocycles. The minimum atomic E-state index is -0.929. The Labute approximate surface area is 168 Å². The standard InChI is InChI=1S/C22H23N3O4/c1-14-6-2-5-9-18(14)25-21(28)20(27)24(22(25)29)13-19(26)23-17-11-10-15-7-3-4-8-16(15)12-17/h3-4,7-8,10-12,14,18H,2,5-6,9,13H2,1H3,(H,23,26)/t14-,18+/m1/s1. The summed E-state index contributed by atoms with van der Waals surface area (Å²) < 4.78 is 0. The van der Waals surface area contributed by atoms with Gasteiger partial charge in [-0.15, -0.1) is 0 Å². The molecule has 5 amide bonds. The van der Waals surface area contributed by atoms with Crippen LogP contribution >= 0.6 is 0 Å². The molecule has 29 heavy (non-hydrogen) atoms. The average molecular weight is 393 g/mol. The number of fused-ring (bicyclic) bond motifs is 1. The van der Waals surface area contributed by atoms with Crippen molar-refractivity contribution >= 4 is 40.2 Å². The zero-order valence-corrected chi connectivity index (χ0v) is 16.3. The van der Waals surface area contributed by atoms with E-state index < -0.39 is 30.3 Å². The van der Waals surface area contributed by atoms with Crippen molar-refractivity contribution in [2.45, 2.75) is 38.6 Å². The lowest BCUT2D eigenvalue weighted by Crippen LogP contribution is -2.46. The Morgan fingerprint density at radius 1 is 1.00 bits per heavy atom. The number of carbonyl (C=O) groups is 4. The highest BCUT2D eigenvalue weighted by Crippen LogP contribution is 2.31. The van der Waals surface area contributed by atoms with Gasteiger partial charge in [-0.05, 0) is 41.7 Å². The van der Waals surface area contributed by atoms with E-state index in [1.54, 1.807) is 6.07 Å². The molecule has 0 unspecified atom stereocenters. The topological polar surface area (TPSA) is 86.8 Å². The van der Waals surface area contributed by atoms with Crippen molar-refractivity contribution in [3.63, 3.8) is 0 Å². The van der Waals surface area contributed by atoms with Crippen LogP contribution in [0.5, 0.6) is 0 Å². The van der Waals surface area contributed by atoms with Gasteiger partial charge in [-0.2, -0.15) is 0 Å². The second kappa shape index (κ2) is 7.66. The van der Waals surface area contributed by atoms with Crippen molar-refractivity contribution in [1.29, 1.82) is 0 Å². The van der Waals surface area contributed by atoms with Crippen LogP contribution in [0.15, 0.2) is 42.5 Å². The molecule has 1 saturated heterocycles. The van der Waals surface area contributed by atoms with Crippen LogP contribution in [0.3, 0.4) is 0 Å². The molecule has 0 spiro atoms. The number of hydrogen-bond acceptors (Lipinski definition) is 4. The van der Waals surface area contributed by atoms with Gasteiger partial charge in [0.15, 0.2) is 0 Å². The minimum Gasteiger partial charge on any atom is -0.325 e. The summed E-state index contributed by atoms with van der Waals surface area (Å²) in [6.45, 7) is 1.51. The van der Waals surface area contributed by atoms with E-state index in [1.807, 2.05) is 43.3 Å². The number of urea groups is 1. The summed E-state index contributed by atoms with van der Waals surface area (Å²) in [4.78, 5) is 51.9. The number of imide groups is 2. The number of hydrogen-bond donors (Lipinski definition) is 1. The van der Waals surface area contributed by atoms with Gasteiger partial charge in [0, 0.05) is 11.7 Å². The first-order valence-corrected chi connectivity index (χ1v) is 9.93. The third-order valence-corrected chi connectivity index (χ3v) is 5.82. The predicted octanol–water partition coefficient (Wildman–Crippen LogP) is 3.15. The number of nitrogens with zero attached hydrogens (tertiary/aromatic N) is 2. The van der Waals surface area contributed by atoms with E-state index in [0.29, 0.717) is 12.1 Å². The molecule has 2 fully saturated rings. The van der Waals surface area contributed by atoms with Gasteiger partial charge in [0.05, 0.1) is 0 Å². The van der Waals surface area contributed by atoms with Crippen LogP contribution in [0.25, 0.3) is 10.8 Å². The van der Waals surface area contributed by atoms with E-state index >= 15 is 0 Å². The van der Waals surface area contributed by atoms with Gasteiger partial charge in [0.25, 0.3) is 0 Å². The predicted molar refractivity (Wildman–Crippen MR) is 108 cm³/mol. The van der Waals surface area contributed by atoms with Gasteiger partial charge in [-0.1, -0.05) is 50.1 Å². The normalized spacial score (nSPS) is 22.4. The van der Waals surface area contributed by atoms with Crippen LogP contribution in [0, 0.1) is 5.92 Å². The molecule has 1 N–H and O–H groups in total. The van der Waals surface area contributed by atoms with E-state index in [2.05, 4.69) is 5.32 Å². The number of amides is 5. The summed E-state index contributed by atoms with van der Waals surface area (Å²) in [7, 11) is 0. The van der Waals surface area contributed by atoms with Gasteiger partial charge in [-0.25, -0.2) is 9.69 Å². The molecule has 7 nitrogen and oxygen atoms in total. The summed E-state index contributed by atoms with van der Waals surface area (Å²) >= 11 is 0. The fourth-order valence-corrected chi connectivity index (χ4v) is 4.25. The molecule has 1 saturated carbocycles. The first kappa shape index (κ1) is 19.1. The van der Waals surface area contributed by atoms with Crippen LogP contribution in [0.4, 0.5) is 10.5 Å². The highest BCUT2D eigenvalue weighted by atomic mass is 16.2. The van der Waals surface area contributed by atoms with Crippen molar-refractivity contribution in [3.05, 3.63) is 42.5 Å². The number of rotatable bonds is 4.